The predicted octanol–water partition coefficient (Wildman–Crippen LogP) is 14.1. The largest absolute Gasteiger partial charge is 0.462 e. The Morgan fingerprint density at radius 1 is 0.176 bits per heavy atom. The first-order valence-electron chi connectivity index (χ1n) is 55.3. The molecular formula is C115H199N11O22. The summed E-state index contributed by atoms with van der Waals surface area (Å²) >= 11 is 0. The van der Waals surface area contributed by atoms with Crippen LogP contribution in [0.3, 0.4) is 0 Å². The minimum absolute atomic E-state index is 0.0108. The van der Waals surface area contributed by atoms with E-state index in [4.69, 9.17) is 52.1 Å². The fraction of sp³-hybridized carbons (Fsp3) is 0.904. The lowest BCUT2D eigenvalue weighted by Crippen LogP contribution is -2.55. The molecule has 0 aromatic rings. The van der Waals surface area contributed by atoms with E-state index in [1.165, 1.54) is 0 Å². The van der Waals surface area contributed by atoms with Gasteiger partial charge in [0.2, 0.25) is 0 Å². The van der Waals surface area contributed by atoms with Crippen molar-refractivity contribution < 1.29 is 105 Å². The topological polar surface area (TPSA) is 422 Å². The predicted molar refractivity (Wildman–Crippen MR) is 567 cm³/mol. The van der Waals surface area contributed by atoms with Crippen molar-refractivity contribution in [2.45, 2.75) is 584 Å². The standard InChI is InChI=1S/C42H72N4O8.C40H70N4O8.C33H57N3O6/c1-35(2)19-23(39(9,10)43-35)31(47)51-27-17-29(53-33(49)25-21-37(5,6)45-41(25,13)14)30(54-34(50)26-22-38(7,8)46-42(26,15)16)18-28(27)52-32(48)24-20-36(3,4)44-40(24,11)12;1-33(2)17-23(37(9,10)41-33)29(45)49-21-27(51-31(47)25-19-35(5,6)43-39(25,13)14)28(52-32(48)26-20-36(7,8)44-40(26,15)16)22-50-30(46)24-18-34(3,4)42-38(24,11)12;1-28(2)16-22(31(7,8)34-28)25(37)40-19-13-20(41-26(38)23-17-29(3,4)35-32(23,9)10)15-21(14-19)42-27(39)24-18-30(5,6)36-33(24,11)12/h23-30,43-46H,17-22H2,1-16H3;23-28,41-44H,17-22H2,1-16H3;19-24,34-36H,13-18H2,1-12H3. The van der Waals surface area contributed by atoms with Crippen LogP contribution in [0.5, 0.6) is 0 Å². The number of ether oxygens (including phenoxy) is 11. The summed E-state index contributed by atoms with van der Waals surface area (Å²) in [6, 6.07) is 0. The zero-order chi connectivity index (χ0) is 112. The van der Waals surface area contributed by atoms with Crippen molar-refractivity contribution in [2.24, 2.45) is 65.1 Å². The molecule has 17 unspecified atom stereocenters. The van der Waals surface area contributed by atoms with E-state index in [0.717, 1.165) is 0 Å². The molecule has 0 bridgehead atoms. The highest BCUT2D eigenvalue weighted by Crippen LogP contribution is 2.50. The molecule has 13 rings (SSSR count). The quantitative estimate of drug-likeness (QED) is 0.0299. The number of rotatable bonds is 25. The van der Waals surface area contributed by atoms with Gasteiger partial charge in [0.25, 0.3) is 0 Å². The van der Waals surface area contributed by atoms with Gasteiger partial charge in [0.1, 0.15) is 55.9 Å². The molecule has 11 heterocycles. The molecule has 13 fully saturated rings. The van der Waals surface area contributed by atoms with Gasteiger partial charge >= 0.3 is 65.7 Å². The lowest BCUT2D eigenvalue weighted by atomic mass is 9.84. The number of hydrogen-bond acceptors (Lipinski definition) is 33. The SMILES string of the molecule is CC1(C)CC(C(=O)OC2CC(OC(=O)C3CC(C)(C)NC3(C)C)C(OC(=O)C3CC(C)(C)NC3(C)C)CC2OC(=O)C2CC(C)(C)NC2(C)C)C(C)(C)N1.CC1(C)CC(C(=O)OC2CC(OC(=O)C3CC(C)(C)NC3(C)C)CC(OC(=O)C3CC(C)(C)NC3(C)C)C2)C(C)(C)N1.CC1(C)CC(C(=O)OCC(OC(=O)C2CC(C)(C)NC2(C)C)C(COC(=O)C2CC(C)(C)NC2(C)C)OC(=O)C2CC(C)(C)NC2(C)C)C(C)(C)N1. The smallest absolute Gasteiger partial charge is 0.311 e. The Hall–Kier alpha value is -6.27. The Kier molecular flexibility index (Phi) is 33.8. The zero-order valence-corrected chi connectivity index (χ0v) is 99.3. The van der Waals surface area contributed by atoms with Gasteiger partial charge < -0.3 is 111 Å². The van der Waals surface area contributed by atoms with Crippen LogP contribution in [0.15, 0.2) is 0 Å². The second kappa shape index (κ2) is 41.0. The van der Waals surface area contributed by atoms with E-state index in [-0.39, 0.29) is 123 Å². The molecule has 11 aliphatic heterocycles. The number of carbonyl (C=O) groups is 11. The molecule has 0 aromatic heterocycles. The van der Waals surface area contributed by atoms with E-state index in [0.29, 0.717) is 89.9 Å². The van der Waals surface area contributed by atoms with Crippen molar-refractivity contribution >= 4 is 65.7 Å². The van der Waals surface area contributed by atoms with Crippen LogP contribution in [0, 0.1) is 65.1 Å². The summed E-state index contributed by atoms with van der Waals surface area (Å²) in [5.41, 5.74) is -8.56. The number of carbonyl (C=O) groups excluding carboxylic acids is 11. The van der Waals surface area contributed by atoms with Crippen molar-refractivity contribution in [1.29, 1.82) is 0 Å². The monoisotopic (exact) mass is 2090 g/mol. The fourth-order valence-corrected chi connectivity index (χ4v) is 29.8. The van der Waals surface area contributed by atoms with Gasteiger partial charge in [-0.25, -0.2) is 0 Å². The van der Waals surface area contributed by atoms with Crippen LogP contribution in [-0.4, -0.2) is 256 Å². The van der Waals surface area contributed by atoms with Crippen LogP contribution in [0.1, 0.15) is 407 Å². The van der Waals surface area contributed by atoms with Crippen LogP contribution in [0.4, 0.5) is 0 Å². The summed E-state index contributed by atoms with van der Waals surface area (Å²) in [5, 5.41) is 38.9. The maximum absolute atomic E-state index is 14.1. The van der Waals surface area contributed by atoms with Gasteiger partial charge in [-0.3, -0.25) is 52.7 Å². The van der Waals surface area contributed by atoms with E-state index in [9.17, 15) is 52.7 Å². The zero-order valence-electron chi connectivity index (χ0n) is 99.3. The Bertz CT molecular complexity index is 4450. The van der Waals surface area contributed by atoms with Gasteiger partial charge in [-0.05, 0) is 375 Å². The van der Waals surface area contributed by atoms with E-state index in [1.807, 2.05) is 208 Å². The molecule has 2 saturated carbocycles. The molecule has 11 saturated heterocycles. The molecule has 11 N–H and O–H groups in total. The third kappa shape index (κ3) is 29.3. The van der Waals surface area contributed by atoms with Gasteiger partial charge in [-0.15, -0.1) is 0 Å². The molecule has 0 amide bonds. The molecule has 0 radical (unpaired) electrons. The molecule has 13 aliphatic rings. The Morgan fingerprint density at radius 2 is 0.297 bits per heavy atom. The third-order valence-corrected chi connectivity index (χ3v) is 34.8. The Morgan fingerprint density at radius 3 is 0.426 bits per heavy atom. The Labute approximate surface area is 886 Å². The van der Waals surface area contributed by atoms with Crippen molar-refractivity contribution in [1.82, 2.24) is 58.5 Å². The van der Waals surface area contributed by atoms with Gasteiger partial charge in [0, 0.05) is 154 Å². The first-order valence-corrected chi connectivity index (χ1v) is 55.3. The van der Waals surface area contributed by atoms with Crippen molar-refractivity contribution in [3.8, 4) is 0 Å². The molecular weight excluding hydrogens is 1890 g/mol. The lowest BCUT2D eigenvalue weighted by Gasteiger charge is -2.41. The molecule has 846 valence electrons. The van der Waals surface area contributed by atoms with Crippen LogP contribution in [0.25, 0.3) is 0 Å². The van der Waals surface area contributed by atoms with Crippen LogP contribution in [0.2, 0.25) is 0 Å². The molecule has 33 heteroatoms. The third-order valence-electron chi connectivity index (χ3n) is 34.8. The molecule has 17 atom stereocenters. The molecule has 0 spiro atoms. The summed E-state index contributed by atoms with van der Waals surface area (Å²) < 4.78 is 68.4. The molecule has 2 aliphatic carbocycles. The van der Waals surface area contributed by atoms with E-state index in [1.54, 1.807) is 0 Å². The summed E-state index contributed by atoms with van der Waals surface area (Å²) in [6.07, 6.45) is -0.191. The summed E-state index contributed by atoms with van der Waals surface area (Å²) in [7, 11) is 0. The van der Waals surface area contributed by atoms with Gasteiger partial charge in [-0.2, -0.15) is 0 Å². The van der Waals surface area contributed by atoms with Crippen LogP contribution < -0.4 is 58.5 Å². The van der Waals surface area contributed by atoms with Gasteiger partial charge in [0.05, 0.1) is 65.1 Å². The summed E-state index contributed by atoms with van der Waals surface area (Å²) in [5.74, 6) is -9.10. The normalized spacial score (nSPS) is 35.6. The molecule has 148 heavy (non-hydrogen) atoms. The van der Waals surface area contributed by atoms with Crippen LogP contribution >= 0.6 is 0 Å². The average molecular weight is 2090 g/mol. The second-order valence-electron chi connectivity index (χ2n) is 60.8. The van der Waals surface area contributed by atoms with E-state index in [2.05, 4.69) is 155 Å². The minimum atomic E-state index is -1.24. The van der Waals surface area contributed by atoms with Crippen molar-refractivity contribution in [2.75, 3.05) is 13.2 Å². The summed E-state index contributed by atoms with van der Waals surface area (Å²) in [4.78, 5) is 153. The minimum Gasteiger partial charge on any atom is -0.462 e. The lowest BCUT2D eigenvalue weighted by molar-refractivity contribution is -0.205. The van der Waals surface area contributed by atoms with Gasteiger partial charge in [-0.1, -0.05) is 0 Å². The van der Waals surface area contributed by atoms with E-state index < -0.39 is 211 Å². The summed E-state index contributed by atoms with van der Waals surface area (Å²) in [6.45, 7) is 88.3. The van der Waals surface area contributed by atoms with Crippen LogP contribution in [-0.2, 0) is 105 Å². The highest BCUT2D eigenvalue weighted by molar-refractivity contribution is 5.82. The highest BCUT2D eigenvalue weighted by Gasteiger charge is 2.62. The first-order chi connectivity index (χ1) is 66.4. The highest BCUT2D eigenvalue weighted by atomic mass is 16.6. The Balaban J connectivity index is 0.000000213. The maximum atomic E-state index is 14.1. The van der Waals surface area contributed by atoms with Crippen molar-refractivity contribution in [3.05, 3.63) is 0 Å². The average Bonchev–Trinajstić information content (AvgIpc) is 1.53. The van der Waals surface area contributed by atoms with Gasteiger partial charge in [0.15, 0.2) is 12.2 Å². The number of hydrogen-bond donors (Lipinski definition) is 11. The van der Waals surface area contributed by atoms with E-state index >= 15 is 0 Å². The van der Waals surface area contributed by atoms with Crippen molar-refractivity contribution in [3.63, 3.8) is 0 Å². The number of esters is 11. The molecule has 0 aromatic carbocycles. The first kappa shape index (κ1) is 122. The molecule has 33 nitrogen and oxygen atoms in total. The fourth-order valence-electron chi connectivity index (χ4n) is 29.8. The second-order valence-corrected chi connectivity index (χ2v) is 60.8. The maximum Gasteiger partial charge on any atom is 0.311 e. The number of nitrogens with one attached hydrogen (secondary N) is 11.